The summed E-state index contributed by atoms with van der Waals surface area (Å²) in [4.78, 5) is 10.5. The molecule has 128 valence electrons. The molecule has 0 saturated heterocycles. The highest BCUT2D eigenvalue weighted by molar-refractivity contribution is 5.42. The van der Waals surface area contributed by atoms with Gasteiger partial charge in [-0.05, 0) is 29.3 Å². The first-order valence-electron chi connectivity index (χ1n) is 7.54. The molecule has 24 heavy (non-hydrogen) atoms. The van der Waals surface area contributed by atoms with Crippen molar-refractivity contribution in [3.63, 3.8) is 0 Å². The molecule has 0 bridgehead atoms. The Bertz CT molecular complexity index is 627. The summed E-state index contributed by atoms with van der Waals surface area (Å²) in [5.74, 6) is 1.30. The average Bonchev–Trinajstić information content (AvgIpc) is 2.65. The molecule has 0 aliphatic carbocycles. The van der Waals surface area contributed by atoms with Crippen LogP contribution in [-0.2, 0) is 27.7 Å². The van der Waals surface area contributed by atoms with Crippen molar-refractivity contribution in [2.24, 2.45) is 0 Å². The van der Waals surface area contributed by atoms with E-state index in [-0.39, 0.29) is 6.61 Å². The highest BCUT2D eigenvalue weighted by Gasteiger charge is 2.08. The SMILES string of the molecule is C=CC(OCc1ccccc1)OOCc1ccc(OC)c(OC)c1. The molecule has 2 aromatic rings. The molecule has 2 aromatic carbocycles. The Kier molecular flexibility index (Phi) is 7.29. The number of rotatable bonds is 10. The quantitative estimate of drug-likeness (QED) is 0.286. The summed E-state index contributed by atoms with van der Waals surface area (Å²) in [6, 6.07) is 15.3. The zero-order chi connectivity index (χ0) is 17.2. The largest absolute Gasteiger partial charge is 0.493 e. The van der Waals surface area contributed by atoms with Gasteiger partial charge in [0.05, 0.1) is 20.8 Å². The highest BCUT2D eigenvalue weighted by Crippen LogP contribution is 2.27. The van der Waals surface area contributed by atoms with Gasteiger partial charge in [-0.2, -0.15) is 4.89 Å². The van der Waals surface area contributed by atoms with E-state index in [0.29, 0.717) is 18.1 Å². The first kappa shape index (κ1) is 18.0. The second-order valence-electron chi connectivity index (χ2n) is 4.95. The van der Waals surface area contributed by atoms with E-state index in [0.717, 1.165) is 11.1 Å². The van der Waals surface area contributed by atoms with Crippen LogP contribution in [0.4, 0.5) is 0 Å². The summed E-state index contributed by atoms with van der Waals surface area (Å²) in [6.45, 7) is 4.35. The van der Waals surface area contributed by atoms with Crippen molar-refractivity contribution in [3.05, 3.63) is 72.3 Å². The molecule has 5 nitrogen and oxygen atoms in total. The molecule has 0 aliphatic rings. The first-order valence-corrected chi connectivity index (χ1v) is 7.54. The lowest BCUT2D eigenvalue weighted by Gasteiger charge is -2.14. The lowest BCUT2D eigenvalue weighted by Crippen LogP contribution is -2.14. The van der Waals surface area contributed by atoms with Gasteiger partial charge < -0.3 is 14.2 Å². The van der Waals surface area contributed by atoms with Crippen LogP contribution in [0.2, 0.25) is 0 Å². The monoisotopic (exact) mass is 330 g/mol. The van der Waals surface area contributed by atoms with Gasteiger partial charge in [0.1, 0.15) is 6.61 Å². The Balaban J connectivity index is 1.80. The highest BCUT2D eigenvalue weighted by atomic mass is 17.2. The summed E-state index contributed by atoms with van der Waals surface area (Å²) in [5, 5.41) is 0. The van der Waals surface area contributed by atoms with Crippen molar-refractivity contribution in [2.45, 2.75) is 19.5 Å². The van der Waals surface area contributed by atoms with E-state index in [2.05, 4.69) is 6.58 Å². The molecule has 2 rings (SSSR count). The van der Waals surface area contributed by atoms with Crippen LogP contribution in [0.15, 0.2) is 61.2 Å². The van der Waals surface area contributed by atoms with Gasteiger partial charge >= 0.3 is 0 Å². The second kappa shape index (κ2) is 9.72. The van der Waals surface area contributed by atoms with Crippen molar-refractivity contribution in [1.29, 1.82) is 0 Å². The van der Waals surface area contributed by atoms with Crippen LogP contribution in [0.1, 0.15) is 11.1 Å². The van der Waals surface area contributed by atoms with Crippen LogP contribution >= 0.6 is 0 Å². The van der Waals surface area contributed by atoms with Crippen molar-refractivity contribution in [1.82, 2.24) is 0 Å². The van der Waals surface area contributed by atoms with Crippen LogP contribution in [0.25, 0.3) is 0 Å². The standard InChI is InChI=1S/C19H22O5/c1-4-19(22-13-15-8-6-5-7-9-15)24-23-14-16-10-11-17(20-2)18(12-16)21-3/h4-12,19H,1,13-14H2,2-3H3. The number of hydrogen-bond donors (Lipinski definition) is 0. The molecule has 0 aromatic heterocycles. The second-order valence-corrected chi connectivity index (χ2v) is 4.95. The molecule has 0 fully saturated rings. The number of methoxy groups -OCH3 is 2. The van der Waals surface area contributed by atoms with E-state index in [1.54, 1.807) is 14.2 Å². The van der Waals surface area contributed by atoms with E-state index in [1.807, 2.05) is 48.5 Å². The van der Waals surface area contributed by atoms with E-state index in [9.17, 15) is 0 Å². The molecule has 0 heterocycles. The van der Waals surface area contributed by atoms with Gasteiger partial charge in [-0.1, -0.05) is 43.0 Å². The van der Waals surface area contributed by atoms with Crippen molar-refractivity contribution >= 4 is 0 Å². The maximum atomic E-state index is 5.59. The van der Waals surface area contributed by atoms with Crippen molar-refractivity contribution in [3.8, 4) is 11.5 Å². The number of benzene rings is 2. The van der Waals surface area contributed by atoms with Gasteiger partial charge in [-0.3, -0.25) is 0 Å². The minimum atomic E-state index is -0.648. The third-order valence-corrected chi connectivity index (χ3v) is 3.29. The Morgan fingerprint density at radius 2 is 1.67 bits per heavy atom. The molecule has 0 spiro atoms. The zero-order valence-electron chi connectivity index (χ0n) is 13.9. The van der Waals surface area contributed by atoms with Crippen LogP contribution in [0.5, 0.6) is 11.5 Å². The van der Waals surface area contributed by atoms with Gasteiger partial charge in [-0.15, -0.1) is 0 Å². The number of ether oxygens (including phenoxy) is 3. The fourth-order valence-electron chi connectivity index (χ4n) is 2.03. The predicted octanol–water partition coefficient (Wildman–Crippen LogP) is 3.88. The van der Waals surface area contributed by atoms with Crippen LogP contribution < -0.4 is 9.47 Å². The summed E-state index contributed by atoms with van der Waals surface area (Å²) in [6.07, 6.45) is 0.891. The van der Waals surface area contributed by atoms with Crippen LogP contribution in [0.3, 0.4) is 0 Å². The molecule has 1 atom stereocenters. The van der Waals surface area contributed by atoms with E-state index in [4.69, 9.17) is 24.0 Å². The minimum Gasteiger partial charge on any atom is -0.493 e. The Hall–Kier alpha value is -2.34. The third-order valence-electron chi connectivity index (χ3n) is 3.29. The lowest BCUT2D eigenvalue weighted by molar-refractivity contribution is -0.373. The molecule has 0 amide bonds. The van der Waals surface area contributed by atoms with E-state index < -0.39 is 6.29 Å². The molecule has 0 radical (unpaired) electrons. The van der Waals surface area contributed by atoms with Gasteiger partial charge in [0.25, 0.3) is 0 Å². The summed E-state index contributed by atoms with van der Waals surface area (Å²) >= 11 is 0. The third kappa shape index (κ3) is 5.38. The fourth-order valence-corrected chi connectivity index (χ4v) is 2.03. The predicted molar refractivity (Wildman–Crippen MR) is 90.6 cm³/mol. The molecule has 0 saturated carbocycles. The normalized spacial score (nSPS) is 11.8. The Morgan fingerprint density at radius 1 is 0.917 bits per heavy atom. The van der Waals surface area contributed by atoms with E-state index >= 15 is 0 Å². The zero-order valence-corrected chi connectivity index (χ0v) is 13.9. The van der Waals surface area contributed by atoms with Gasteiger partial charge in [0.2, 0.25) is 6.29 Å². The average molecular weight is 330 g/mol. The topological polar surface area (TPSA) is 46.2 Å². The molecule has 0 N–H and O–H groups in total. The number of hydrogen-bond acceptors (Lipinski definition) is 5. The molecular formula is C19H22O5. The summed E-state index contributed by atoms with van der Waals surface area (Å²) in [5.41, 5.74) is 1.94. The van der Waals surface area contributed by atoms with Crippen LogP contribution in [0, 0.1) is 0 Å². The Morgan fingerprint density at radius 3 is 2.33 bits per heavy atom. The fraction of sp³-hybridized carbons (Fsp3) is 0.263. The summed E-state index contributed by atoms with van der Waals surface area (Å²) < 4.78 is 16.0. The van der Waals surface area contributed by atoms with Crippen molar-refractivity contribution < 1.29 is 24.0 Å². The smallest absolute Gasteiger partial charge is 0.210 e. The van der Waals surface area contributed by atoms with Crippen molar-refractivity contribution in [2.75, 3.05) is 14.2 Å². The van der Waals surface area contributed by atoms with Gasteiger partial charge in [0.15, 0.2) is 11.5 Å². The Labute approximate surface area is 142 Å². The maximum absolute atomic E-state index is 5.59. The molecule has 0 aliphatic heterocycles. The van der Waals surface area contributed by atoms with E-state index in [1.165, 1.54) is 6.08 Å². The summed E-state index contributed by atoms with van der Waals surface area (Å²) in [7, 11) is 3.18. The lowest BCUT2D eigenvalue weighted by atomic mass is 10.2. The first-order chi connectivity index (χ1) is 11.8. The molecule has 1 unspecified atom stereocenters. The molecular weight excluding hydrogens is 308 g/mol. The minimum absolute atomic E-state index is 0.249. The van der Waals surface area contributed by atoms with Gasteiger partial charge in [0, 0.05) is 0 Å². The van der Waals surface area contributed by atoms with Crippen LogP contribution in [-0.4, -0.2) is 20.5 Å². The van der Waals surface area contributed by atoms with Gasteiger partial charge in [-0.25, -0.2) is 4.89 Å². The maximum Gasteiger partial charge on any atom is 0.210 e. The molecule has 5 heteroatoms.